The van der Waals surface area contributed by atoms with Crippen LogP contribution in [0.15, 0.2) is 28.9 Å². The number of hydrogen-bond acceptors (Lipinski definition) is 2. The van der Waals surface area contributed by atoms with Crippen molar-refractivity contribution in [2.24, 2.45) is 0 Å². The van der Waals surface area contributed by atoms with Crippen LogP contribution in [0.3, 0.4) is 0 Å². The summed E-state index contributed by atoms with van der Waals surface area (Å²) >= 11 is 3.20. The molecular formula is C10H7BrF2N2O. The van der Waals surface area contributed by atoms with Gasteiger partial charge in [0.1, 0.15) is 5.69 Å². The van der Waals surface area contributed by atoms with Crippen molar-refractivity contribution in [3.8, 4) is 5.69 Å². The van der Waals surface area contributed by atoms with Crippen molar-refractivity contribution in [2.75, 3.05) is 0 Å². The zero-order chi connectivity index (χ0) is 11.7. The number of aliphatic hydroxyl groups is 1. The lowest BCUT2D eigenvalue weighted by molar-refractivity contribution is 0.275. The second-order valence-electron chi connectivity index (χ2n) is 3.12. The fourth-order valence-electron chi connectivity index (χ4n) is 1.26. The first-order valence-electron chi connectivity index (χ1n) is 4.42. The molecule has 0 unspecified atom stereocenters. The van der Waals surface area contributed by atoms with Crippen molar-refractivity contribution in [2.45, 2.75) is 6.61 Å². The van der Waals surface area contributed by atoms with E-state index in [-0.39, 0.29) is 6.61 Å². The van der Waals surface area contributed by atoms with E-state index >= 15 is 0 Å². The van der Waals surface area contributed by atoms with Gasteiger partial charge in [0.25, 0.3) is 0 Å². The zero-order valence-electron chi connectivity index (χ0n) is 7.99. The molecule has 0 atom stereocenters. The lowest BCUT2D eigenvalue weighted by atomic mass is 10.3. The smallest absolute Gasteiger partial charge is 0.160 e. The van der Waals surface area contributed by atoms with E-state index in [2.05, 4.69) is 21.0 Å². The SMILES string of the molecule is OCc1nn(-c2ccc(F)c(F)c2)cc1Br. The van der Waals surface area contributed by atoms with Crippen LogP contribution < -0.4 is 0 Å². The van der Waals surface area contributed by atoms with Gasteiger partial charge in [0.2, 0.25) is 0 Å². The third-order valence-corrected chi connectivity index (χ3v) is 2.72. The van der Waals surface area contributed by atoms with Gasteiger partial charge in [-0.15, -0.1) is 0 Å². The average molecular weight is 289 g/mol. The van der Waals surface area contributed by atoms with E-state index in [0.29, 0.717) is 15.9 Å². The normalized spacial score (nSPS) is 10.8. The predicted molar refractivity (Wildman–Crippen MR) is 57.1 cm³/mol. The Labute approximate surface area is 98.5 Å². The van der Waals surface area contributed by atoms with Crippen LogP contribution in [0.4, 0.5) is 8.78 Å². The number of aliphatic hydroxyl groups excluding tert-OH is 1. The van der Waals surface area contributed by atoms with E-state index in [0.717, 1.165) is 12.1 Å². The van der Waals surface area contributed by atoms with Crippen molar-refractivity contribution in [1.29, 1.82) is 0 Å². The molecule has 0 aliphatic heterocycles. The Kier molecular flexibility index (Phi) is 3.02. The molecule has 0 spiro atoms. The molecule has 6 heteroatoms. The quantitative estimate of drug-likeness (QED) is 0.922. The maximum absolute atomic E-state index is 13.0. The van der Waals surface area contributed by atoms with Crippen LogP contribution in [-0.4, -0.2) is 14.9 Å². The van der Waals surface area contributed by atoms with Crippen LogP contribution in [0.2, 0.25) is 0 Å². The van der Waals surface area contributed by atoms with E-state index < -0.39 is 11.6 Å². The van der Waals surface area contributed by atoms with E-state index in [1.807, 2.05) is 0 Å². The first-order chi connectivity index (χ1) is 7.61. The lowest BCUT2D eigenvalue weighted by Gasteiger charge is -2.01. The summed E-state index contributed by atoms with van der Waals surface area (Å²) < 4.78 is 27.7. The molecule has 0 aliphatic carbocycles. The number of benzene rings is 1. The van der Waals surface area contributed by atoms with Crippen LogP contribution in [0, 0.1) is 11.6 Å². The minimum Gasteiger partial charge on any atom is -0.390 e. The molecule has 1 N–H and O–H groups in total. The van der Waals surface area contributed by atoms with Gasteiger partial charge in [0.05, 0.1) is 16.8 Å². The van der Waals surface area contributed by atoms with Crippen LogP contribution in [0.5, 0.6) is 0 Å². The monoisotopic (exact) mass is 288 g/mol. The van der Waals surface area contributed by atoms with Crippen molar-refractivity contribution >= 4 is 15.9 Å². The summed E-state index contributed by atoms with van der Waals surface area (Å²) in [5, 5.41) is 12.9. The summed E-state index contributed by atoms with van der Waals surface area (Å²) in [5.74, 6) is -1.84. The summed E-state index contributed by atoms with van der Waals surface area (Å²) in [5.41, 5.74) is 0.823. The lowest BCUT2D eigenvalue weighted by Crippen LogP contribution is -1.97. The van der Waals surface area contributed by atoms with Gasteiger partial charge in [-0.05, 0) is 28.1 Å². The van der Waals surface area contributed by atoms with E-state index in [9.17, 15) is 8.78 Å². The maximum atomic E-state index is 13.0. The average Bonchev–Trinajstić information content (AvgIpc) is 2.64. The molecule has 2 aromatic rings. The molecule has 0 amide bonds. The summed E-state index contributed by atoms with van der Waals surface area (Å²) in [6.07, 6.45) is 1.57. The molecule has 1 aromatic heterocycles. The first-order valence-corrected chi connectivity index (χ1v) is 5.21. The van der Waals surface area contributed by atoms with Crippen LogP contribution in [0.25, 0.3) is 5.69 Å². The van der Waals surface area contributed by atoms with Gasteiger partial charge < -0.3 is 5.11 Å². The summed E-state index contributed by atoms with van der Waals surface area (Å²) in [6.45, 7) is -0.225. The Morgan fingerprint density at radius 3 is 2.62 bits per heavy atom. The highest BCUT2D eigenvalue weighted by molar-refractivity contribution is 9.10. The zero-order valence-corrected chi connectivity index (χ0v) is 9.58. The fourth-order valence-corrected chi connectivity index (χ4v) is 1.65. The highest BCUT2D eigenvalue weighted by Crippen LogP contribution is 2.19. The molecule has 3 nitrogen and oxygen atoms in total. The Bertz CT molecular complexity index is 528. The van der Waals surface area contributed by atoms with Crippen LogP contribution >= 0.6 is 15.9 Å². The highest BCUT2D eigenvalue weighted by Gasteiger charge is 2.08. The Hall–Kier alpha value is -1.27. The van der Waals surface area contributed by atoms with Gasteiger partial charge in [-0.1, -0.05) is 0 Å². The van der Waals surface area contributed by atoms with Crippen LogP contribution in [-0.2, 0) is 6.61 Å². The van der Waals surface area contributed by atoms with Crippen molar-refractivity contribution in [3.63, 3.8) is 0 Å². The first kappa shape index (κ1) is 11.2. The predicted octanol–water partition coefficient (Wildman–Crippen LogP) is 2.41. The molecule has 1 heterocycles. The van der Waals surface area contributed by atoms with E-state index in [4.69, 9.17) is 5.11 Å². The molecule has 0 saturated heterocycles. The molecule has 0 radical (unpaired) electrons. The second kappa shape index (κ2) is 4.31. The molecular weight excluding hydrogens is 282 g/mol. The summed E-state index contributed by atoms with van der Waals surface area (Å²) in [7, 11) is 0. The van der Waals surface area contributed by atoms with Gasteiger partial charge in [-0.3, -0.25) is 0 Å². The fraction of sp³-hybridized carbons (Fsp3) is 0.100. The number of nitrogens with zero attached hydrogens (tertiary/aromatic N) is 2. The number of hydrogen-bond donors (Lipinski definition) is 1. The largest absolute Gasteiger partial charge is 0.390 e. The molecule has 16 heavy (non-hydrogen) atoms. The summed E-state index contributed by atoms with van der Waals surface area (Å²) in [4.78, 5) is 0. The van der Waals surface area contributed by atoms with Crippen molar-refractivity contribution < 1.29 is 13.9 Å². The highest BCUT2D eigenvalue weighted by atomic mass is 79.9. The Balaban J connectivity index is 2.46. The van der Waals surface area contributed by atoms with Gasteiger partial charge in [0.15, 0.2) is 11.6 Å². The number of aromatic nitrogens is 2. The van der Waals surface area contributed by atoms with Crippen LogP contribution in [0.1, 0.15) is 5.69 Å². The standard InChI is InChI=1S/C10H7BrF2N2O/c11-7-4-15(14-10(7)5-16)6-1-2-8(12)9(13)3-6/h1-4,16H,5H2. The second-order valence-corrected chi connectivity index (χ2v) is 3.98. The molecule has 0 aliphatic rings. The van der Waals surface area contributed by atoms with Gasteiger partial charge in [0, 0.05) is 12.3 Å². The van der Waals surface area contributed by atoms with Gasteiger partial charge in [-0.2, -0.15) is 5.10 Å². The topological polar surface area (TPSA) is 38.1 Å². The van der Waals surface area contributed by atoms with E-state index in [1.54, 1.807) is 6.20 Å². The minimum atomic E-state index is -0.935. The summed E-state index contributed by atoms with van der Waals surface area (Å²) in [6, 6.07) is 3.47. The van der Waals surface area contributed by atoms with Gasteiger partial charge >= 0.3 is 0 Å². The molecule has 1 aromatic carbocycles. The Morgan fingerprint density at radius 2 is 2.06 bits per heavy atom. The molecule has 2 rings (SSSR count). The van der Waals surface area contributed by atoms with Gasteiger partial charge in [-0.25, -0.2) is 13.5 Å². The molecule has 84 valence electrons. The third-order valence-electron chi connectivity index (χ3n) is 2.06. The van der Waals surface area contributed by atoms with Crippen molar-refractivity contribution in [3.05, 3.63) is 46.2 Å². The molecule has 0 fully saturated rings. The maximum Gasteiger partial charge on any atom is 0.160 e. The van der Waals surface area contributed by atoms with E-state index in [1.165, 1.54) is 10.7 Å². The Morgan fingerprint density at radius 1 is 1.31 bits per heavy atom. The van der Waals surface area contributed by atoms with Crippen molar-refractivity contribution in [1.82, 2.24) is 9.78 Å². The minimum absolute atomic E-state index is 0.225. The number of halogens is 3. The molecule has 0 saturated carbocycles. The number of rotatable bonds is 2. The third kappa shape index (κ3) is 1.98. The molecule has 0 bridgehead atoms.